The molecule has 0 spiro atoms. The third-order valence-corrected chi connectivity index (χ3v) is 3.37. The summed E-state index contributed by atoms with van der Waals surface area (Å²) in [5.41, 5.74) is 0.713. The van der Waals surface area contributed by atoms with Gasteiger partial charge in [0.2, 0.25) is 0 Å². The molecule has 0 aliphatic heterocycles. The van der Waals surface area contributed by atoms with Crippen LogP contribution in [-0.2, 0) is 6.18 Å². The maximum atomic E-state index is 13.2. The van der Waals surface area contributed by atoms with Crippen LogP contribution in [0.25, 0.3) is 11.1 Å². The van der Waals surface area contributed by atoms with Gasteiger partial charge in [0.1, 0.15) is 11.5 Å². The van der Waals surface area contributed by atoms with Crippen LogP contribution < -0.4 is 4.74 Å². The van der Waals surface area contributed by atoms with Crippen LogP contribution in [0.3, 0.4) is 0 Å². The Hall–Kier alpha value is -2.75. The van der Waals surface area contributed by atoms with E-state index in [0.29, 0.717) is 11.3 Å². The lowest BCUT2D eigenvalue weighted by molar-refractivity contribution is -0.138. The van der Waals surface area contributed by atoms with Gasteiger partial charge in [-0.2, -0.15) is 13.2 Å². The van der Waals surface area contributed by atoms with Gasteiger partial charge < -0.3 is 4.74 Å². The molecule has 0 aliphatic rings. The van der Waals surface area contributed by atoms with Gasteiger partial charge in [0.15, 0.2) is 0 Å². The fourth-order valence-electron chi connectivity index (χ4n) is 2.27. The second-order valence-corrected chi connectivity index (χ2v) is 4.99. The SMILES string of the molecule is FC(F)(F)c1ccc(-c2ccccc2)cc1Oc1ccccc1. The van der Waals surface area contributed by atoms with Gasteiger partial charge in [-0.25, -0.2) is 0 Å². The van der Waals surface area contributed by atoms with Gasteiger partial charge in [0.05, 0.1) is 5.56 Å². The molecule has 23 heavy (non-hydrogen) atoms. The average Bonchev–Trinajstić information content (AvgIpc) is 2.55. The first-order chi connectivity index (χ1) is 11.0. The fraction of sp³-hybridized carbons (Fsp3) is 0.0526. The first-order valence-electron chi connectivity index (χ1n) is 7.03. The van der Waals surface area contributed by atoms with Crippen molar-refractivity contribution in [3.8, 4) is 22.6 Å². The van der Waals surface area contributed by atoms with E-state index in [1.165, 1.54) is 12.1 Å². The van der Waals surface area contributed by atoms with E-state index in [-0.39, 0.29) is 5.75 Å². The quantitative estimate of drug-likeness (QED) is 0.562. The summed E-state index contributed by atoms with van der Waals surface area (Å²) in [4.78, 5) is 0. The van der Waals surface area contributed by atoms with Crippen molar-refractivity contribution in [1.82, 2.24) is 0 Å². The minimum atomic E-state index is -4.47. The van der Waals surface area contributed by atoms with Crippen LogP contribution in [0.4, 0.5) is 13.2 Å². The summed E-state index contributed by atoms with van der Waals surface area (Å²) >= 11 is 0. The Morgan fingerprint density at radius 1 is 0.652 bits per heavy atom. The molecule has 0 aromatic heterocycles. The van der Waals surface area contributed by atoms with E-state index in [1.54, 1.807) is 30.3 Å². The van der Waals surface area contributed by atoms with Gasteiger partial charge in [0.25, 0.3) is 0 Å². The number of alkyl halides is 3. The standard InChI is InChI=1S/C19H13F3O/c20-19(21,22)17-12-11-15(14-7-3-1-4-8-14)13-18(17)23-16-9-5-2-6-10-16/h1-13H. The molecule has 0 atom stereocenters. The molecular weight excluding hydrogens is 301 g/mol. The van der Waals surface area contributed by atoms with Crippen LogP contribution >= 0.6 is 0 Å². The topological polar surface area (TPSA) is 9.23 Å². The third kappa shape index (κ3) is 3.54. The summed E-state index contributed by atoms with van der Waals surface area (Å²) < 4.78 is 45.1. The molecule has 0 amide bonds. The minimum absolute atomic E-state index is 0.204. The van der Waals surface area contributed by atoms with Crippen molar-refractivity contribution in [3.63, 3.8) is 0 Å². The van der Waals surface area contributed by atoms with E-state index in [4.69, 9.17) is 4.74 Å². The monoisotopic (exact) mass is 314 g/mol. The van der Waals surface area contributed by atoms with Crippen LogP contribution in [0.5, 0.6) is 11.5 Å². The summed E-state index contributed by atoms with van der Waals surface area (Å²) in [6, 6.07) is 21.6. The molecule has 3 aromatic rings. The fourth-order valence-corrected chi connectivity index (χ4v) is 2.27. The molecule has 116 valence electrons. The highest BCUT2D eigenvalue weighted by molar-refractivity contribution is 5.66. The number of hydrogen-bond donors (Lipinski definition) is 0. The maximum Gasteiger partial charge on any atom is 0.419 e. The zero-order valence-electron chi connectivity index (χ0n) is 12.0. The van der Waals surface area contributed by atoms with Crippen molar-refractivity contribution in [2.45, 2.75) is 6.18 Å². The zero-order valence-corrected chi connectivity index (χ0v) is 12.0. The summed E-state index contributed by atoms with van der Waals surface area (Å²) in [5, 5.41) is 0. The molecule has 4 heteroatoms. The Labute approximate surface area is 132 Å². The summed E-state index contributed by atoms with van der Waals surface area (Å²) in [5.74, 6) is 0.160. The molecule has 0 aliphatic carbocycles. The number of rotatable bonds is 3. The highest BCUT2D eigenvalue weighted by Crippen LogP contribution is 2.40. The third-order valence-electron chi connectivity index (χ3n) is 3.37. The van der Waals surface area contributed by atoms with E-state index >= 15 is 0 Å². The van der Waals surface area contributed by atoms with Crippen LogP contribution in [-0.4, -0.2) is 0 Å². The molecule has 1 nitrogen and oxygen atoms in total. The lowest BCUT2D eigenvalue weighted by atomic mass is 10.0. The van der Waals surface area contributed by atoms with Crippen LogP contribution in [0.15, 0.2) is 78.9 Å². The molecule has 0 unspecified atom stereocenters. The summed E-state index contributed by atoms with van der Waals surface area (Å²) in [7, 11) is 0. The second kappa shape index (κ2) is 6.16. The zero-order chi connectivity index (χ0) is 16.3. The number of para-hydroxylation sites is 1. The predicted octanol–water partition coefficient (Wildman–Crippen LogP) is 6.16. The highest BCUT2D eigenvalue weighted by Gasteiger charge is 2.34. The molecule has 0 fully saturated rings. The summed E-state index contributed by atoms with van der Waals surface area (Å²) in [6.45, 7) is 0. The molecule has 0 bridgehead atoms. The predicted molar refractivity (Wildman–Crippen MR) is 83.4 cm³/mol. The Morgan fingerprint density at radius 3 is 1.87 bits per heavy atom. The van der Waals surface area contributed by atoms with E-state index in [9.17, 15) is 13.2 Å². The Balaban J connectivity index is 2.06. The van der Waals surface area contributed by atoms with Gasteiger partial charge in [-0.15, -0.1) is 0 Å². The Bertz CT molecular complexity index is 781. The van der Waals surface area contributed by atoms with Crippen molar-refractivity contribution in [1.29, 1.82) is 0 Å². The van der Waals surface area contributed by atoms with Crippen molar-refractivity contribution in [3.05, 3.63) is 84.4 Å². The van der Waals surface area contributed by atoms with Crippen molar-refractivity contribution in [2.75, 3.05) is 0 Å². The second-order valence-electron chi connectivity index (χ2n) is 4.99. The number of halogens is 3. The largest absolute Gasteiger partial charge is 0.457 e. The molecule has 0 saturated heterocycles. The molecule has 0 heterocycles. The lowest BCUT2D eigenvalue weighted by Gasteiger charge is -2.15. The first-order valence-corrected chi connectivity index (χ1v) is 7.03. The maximum absolute atomic E-state index is 13.2. The lowest BCUT2D eigenvalue weighted by Crippen LogP contribution is -2.07. The Morgan fingerprint density at radius 2 is 1.26 bits per heavy atom. The average molecular weight is 314 g/mol. The van der Waals surface area contributed by atoms with Crippen LogP contribution in [0.2, 0.25) is 0 Å². The molecule has 0 radical (unpaired) electrons. The Kier molecular flexibility index (Phi) is 4.06. The van der Waals surface area contributed by atoms with Crippen molar-refractivity contribution >= 4 is 0 Å². The van der Waals surface area contributed by atoms with Gasteiger partial charge in [0, 0.05) is 0 Å². The smallest absolute Gasteiger partial charge is 0.419 e. The molecule has 0 saturated carbocycles. The van der Waals surface area contributed by atoms with Crippen molar-refractivity contribution < 1.29 is 17.9 Å². The normalized spacial score (nSPS) is 11.3. The first kappa shape index (κ1) is 15.2. The van der Waals surface area contributed by atoms with Crippen molar-refractivity contribution in [2.24, 2.45) is 0 Å². The molecule has 3 aromatic carbocycles. The molecule has 0 N–H and O–H groups in total. The van der Waals surface area contributed by atoms with E-state index in [0.717, 1.165) is 11.6 Å². The van der Waals surface area contributed by atoms with Gasteiger partial charge in [-0.1, -0.05) is 54.6 Å². The van der Waals surface area contributed by atoms with Crippen LogP contribution in [0.1, 0.15) is 5.56 Å². The summed E-state index contributed by atoms with van der Waals surface area (Å²) in [6.07, 6.45) is -4.47. The van der Waals surface area contributed by atoms with Gasteiger partial charge >= 0.3 is 6.18 Å². The van der Waals surface area contributed by atoms with E-state index in [2.05, 4.69) is 0 Å². The highest BCUT2D eigenvalue weighted by atomic mass is 19.4. The number of ether oxygens (including phenoxy) is 1. The van der Waals surface area contributed by atoms with E-state index < -0.39 is 11.7 Å². The minimum Gasteiger partial charge on any atom is -0.457 e. The molecular formula is C19H13F3O. The van der Waals surface area contributed by atoms with Gasteiger partial charge in [-0.05, 0) is 35.4 Å². The number of benzene rings is 3. The van der Waals surface area contributed by atoms with Gasteiger partial charge in [-0.3, -0.25) is 0 Å². The van der Waals surface area contributed by atoms with Crippen LogP contribution in [0, 0.1) is 0 Å². The number of hydrogen-bond acceptors (Lipinski definition) is 1. The molecule has 3 rings (SSSR count). The van der Waals surface area contributed by atoms with E-state index in [1.807, 2.05) is 30.3 Å².